The molecule has 144 valence electrons. The number of hydrazone groups is 1. The summed E-state index contributed by atoms with van der Waals surface area (Å²) in [5.41, 5.74) is 3.25. The fraction of sp³-hybridized carbons (Fsp3) is 0.263. The summed E-state index contributed by atoms with van der Waals surface area (Å²) in [6.45, 7) is 0.355. The second-order valence-electron chi connectivity index (χ2n) is 5.43. The number of nitrogens with zero attached hydrogens (tertiary/aromatic N) is 1. The number of nitrogens with one attached hydrogen (secondary N) is 1. The number of ether oxygens (including phenoxy) is 3. The van der Waals surface area contributed by atoms with Crippen LogP contribution in [-0.2, 0) is 4.79 Å². The SMILES string of the molecule is COc1ccc(/C=N/NC(=O)CCCOc2ccc(Cl)cc2Cl)cc1OC. The van der Waals surface area contributed by atoms with Crippen molar-refractivity contribution in [1.82, 2.24) is 5.43 Å². The highest BCUT2D eigenvalue weighted by Gasteiger charge is 2.05. The monoisotopic (exact) mass is 410 g/mol. The maximum Gasteiger partial charge on any atom is 0.240 e. The van der Waals surface area contributed by atoms with Crippen molar-refractivity contribution in [3.8, 4) is 17.2 Å². The van der Waals surface area contributed by atoms with Crippen LogP contribution < -0.4 is 19.6 Å². The molecule has 8 heteroatoms. The van der Waals surface area contributed by atoms with E-state index in [1.165, 1.54) is 6.21 Å². The van der Waals surface area contributed by atoms with Crippen molar-refractivity contribution in [3.63, 3.8) is 0 Å². The minimum Gasteiger partial charge on any atom is -0.493 e. The van der Waals surface area contributed by atoms with E-state index in [-0.39, 0.29) is 12.3 Å². The van der Waals surface area contributed by atoms with Gasteiger partial charge in [-0.2, -0.15) is 5.10 Å². The van der Waals surface area contributed by atoms with Crippen LogP contribution >= 0.6 is 23.2 Å². The van der Waals surface area contributed by atoms with Crippen LogP contribution in [0.4, 0.5) is 0 Å². The summed E-state index contributed by atoms with van der Waals surface area (Å²) >= 11 is 11.8. The van der Waals surface area contributed by atoms with E-state index in [0.717, 1.165) is 5.56 Å². The van der Waals surface area contributed by atoms with E-state index >= 15 is 0 Å². The van der Waals surface area contributed by atoms with Crippen molar-refractivity contribution in [2.75, 3.05) is 20.8 Å². The quantitative estimate of drug-likeness (QED) is 0.379. The smallest absolute Gasteiger partial charge is 0.240 e. The molecule has 1 amide bonds. The first kappa shape index (κ1) is 20.9. The highest BCUT2D eigenvalue weighted by atomic mass is 35.5. The van der Waals surface area contributed by atoms with Gasteiger partial charge in [-0.05, 0) is 48.4 Å². The first-order chi connectivity index (χ1) is 13.0. The van der Waals surface area contributed by atoms with Crippen molar-refractivity contribution in [2.45, 2.75) is 12.8 Å². The maximum absolute atomic E-state index is 11.8. The summed E-state index contributed by atoms with van der Waals surface area (Å²) in [6, 6.07) is 10.3. The van der Waals surface area contributed by atoms with Gasteiger partial charge in [0.05, 0.1) is 32.1 Å². The van der Waals surface area contributed by atoms with E-state index in [0.29, 0.717) is 40.3 Å². The molecule has 6 nitrogen and oxygen atoms in total. The third-order valence-corrected chi connectivity index (χ3v) is 4.04. The number of carbonyl (C=O) groups excluding carboxylic acids is 1. The molecule has 0 aliphatic heterocycles. The Kier molecular flexibility index (Phi) is 8.23. The summed E-state index contributed by atoms with van der Waals surface area (Å²) in [7, 11) is 3.12. The lowest BCUT2D eigenvalue weighted by atomic mass is 10.2. The van der Waals surface area contributed by atoms with Gasteiger partial charge in [-0.3, -0.25) is 4.79 Å². The fourth-order valence-electron chi connectivity index (χ4n) is 2.17. The number of methoxy groups -OCH3 is 2. The van der Waals surface area contributed by atoms with Gasteiger partial charge in [0.25, 0.3) is 0 Å². The van der Waals surface area contributed by atoms with Crippen LogP contribution in [0, 0.1) is 0 Å². The van der Waals surface area contributed by atoms with Crippen LogP contribution in [0.5, 0.6) is 17.2 Å². The van der Waals surface area contributed by atoms with E-state index in [1.807, 2.05) is 0 Å². The van der Waals surface area contributed by atoms with Gasteiger partial charge >= 0.3 is 0 Å². The van der Waals surface area contributed by atoms with E-state index in [9.17, 15) is 4.79 Å². The molecule has 0 aliphatic rings. The van der Waals surface area contributed by atoms with Gasteiger partial charge in [0.1, 0.15) is 5.75 Å². The molecule has 0 spiro atoms. The molecule has 0 unspecified atom stereocenters. The summed E-state index contributed by atoms with van der Waals surface area (Å²) in [4.78, 5) is 11.8. The molecule has 0 saturated carbocycles. The van der Waals surface area contributed by atoms with Gasteiger partial charge in [-0.15, -0.1) is 0 Å². The molecule has 0 saturated heterocycles. The topological polar surface area (TPSA) is 69.2 Å². The molecule has 0 bridgehead atoms. The number of rotatable bonds is 9. The van der Waals surface area contributed by atoms with Crippen LogP contribution in [0.25, 0.3) is 0 Å². The minimum atomic E-state index is -0.211. The van der Waals surface area contributed by atoms with Gasteiger partial charge in [0.15, 0.2) is 11.5 Å². The third kappa shape index (κ3) is 6.66. The van der Waals surface area contributed by atoms with Crippen molar-refractivity contribution >= 4 is 35.3 Å². The lowest BCUT2D eigenvalue weighted by Gasteiger charge is -2.08. The van der Waals surface area contributed by atoms with Crippen molar-refractivity contribution in [1.29, 1.82) is 0 Å². The van der Waals surface area contributed by atoms with Gasteiger partial charge in [-0.1, -0.05) is 23.2 Å². The second-order valence-corrected chi connectivity index (χ2v) is 6.28. The molecule has 0 aromatic heterocycles. The number of amides is 1. The lowest BCUT2D eigenvalue weighted by Crippen LogP contribution is -2.18. The summed E-state index contributed by atoms with van der Waals surface area (Å²) in [5, 5.41) is 4.91. The Hall–Kier alpha value is -2.44. The molecule has 0 fully saturated rings. The second kappa shape index (κ2) is 10.6. The number of hydrogen-bond acceptors (Lipinski definition) is 5. The molecule has 2 aromatic carbocycles. The van der Waals surface area contributed by atoms with E-state index in [1.54, 1.807) is 50.6 Å². The normalized spacial score (nSPS) is 10.7. The predicted octanol–water partition coefficient (Wildman–Crippen LogP) is 4.32. The maximum atomic E-state index is 11.8. The van der Waals surface area contributed by atoms with Crippen LogP contribution in [0.15, 0.2) is 41.5 Å². The highest BCUT2D eigenvalue weighted by molar-refractivity contribution is 6.35. The van der Waals surface area contributed by atoms with E-state index in [4.69, 9.17) is 37.4 Å². The van der Waals surface area contributed by atoms with E-state index in [2.05, 4.69) is 10.5 Å². The molecule has 2 aromatic rings. The van der Waals surface area contributed by atoms with Crippen molar-refractivity contribution < 1.29 is 19.0 Å². The Balaban J connectivity index is 1.73. The van der Waals surface area contributed by atoms with Crippen molar-refractivity contribution in [2.24, 2.45) is 5.10 Å². The first-order valence-electron chi connectivity index (χ1n) is 8.15. The Morgan fingerprint density at radius 3 is 2.52 bits per heavy atom. The first-order valence-corrected chi connectivity index (χ1v) is 8.91. The van der Waals surface area contributed by atoms with Gasteiger partial charge in [-0.25, -0.2) is 5.43 Å². The molecular formula is C19H20Cl2N2O4. The number of hydrogen-bond donors (Lipinski definition) is 1. The number of carbonyl (C=O) groups is 1. The summed E-state index contributed by atoms with van der Waals surface area (Å²) in [5.74, 6) is 1.54. The third-order valence-electron chi connectivity index (χ3n) is 3.51. The zero-order valence-corrected chi connectivity index (χ0v) is 16.5. The Morgan fingerprint density at radius 2 is 1.81 bits per heavy atom. The number of benzene rings is 2. The molecule has 27 heavy (non-hydrogen) atoms. The molecule has 0 atom stereocenters. The molecule has 0 heterocycles. The molecule has 0 aliphatic carbocycles. The summed E-state index contributed by atoms with van der Waals surface area (Å²) < 4.78 is 15.9. The zero-order chi connectivity index (χ0) is 19.6. The minimum absolute atomic E-state index is 0.211. The van der Waals surface area contributed by atoms with Crippen LogP contribution in [0.2, 0.25) is 10.0 Å². The van der Waals surface area contributed by atoms with Crippen molar-refractivity contribution in [3.05, 3.63) is 52.0 Å². The lowest BCUT2D eigenvalue weighted by molar-refractivity contribution is -0.121. The fourth-order valence-corrected chi connectivity index (χ4v) is 2.64. The molecular weight excluding hydrogens is 391 g/mol. The summed E-state index contributed by atoms with van der Waals surface area (Å²) in [6.07, 6.45) is 2.33. The van der Waals surface area contributed by atoms with Crippen LogP contribution in [0.1, 0.15) is 18.4 Å². The largest absolute Gasteiger partial charge is 0.493 e. The average Bonchev–Trinajstić information content (AvgIpc) is 2.66. The molecule has 1 N–H and O–H groups in total. The Morgan fingerprint density at radius 1 is 1.07 bits per heavy atom. The van der Waals surface area contributed by atoms with Gasteiger partial charge in [0, 0.05) is 11.4 Å². The predicted molar refractivity (Wildman–Crippen MR) is 106 cm³/mol. The number of halogens is 2. The standard InChI is InChI=1S/C19H20Cl2N2O4/c1-25-17-7-5-13(10-18(17)26-2)12-22-23-19(24)4-3-9-27-16-8-6-14(20)11-15(16)21/h5-8,10-12H,3-4,9H2,1-2H3,(H,23,24)/b22-12+. The molecule has 0 radical (unpaired) electrons. The van der Waals surface area contributed by atoms with Gasteiger partial charge < -0.3 is 14.2 Å². The Labute approximate surface area is 168 Å². The Bertz CT molecular complexity index is 812. The van der Waals surface area contributed by atoms with E-state index < -0.39 is 0 Å². The highest BCUT2D eigenvalue weighted by Crippen LogP contribution is 2.28. The zero-order valence-electron chi connectivity index (χ0n) is 15.0. The van der Waals surface area contributed by atoms with Crippen LogP contribution in [-0.4, -0.2) is 32.9 Å². The molecule has 2 rings (SSSR count). The average molecular weight is 411 g/mol. The van der Waals surface area contributed by atoms with Crippen LogP contribution in [0.3, 0.4) is 0 Å². The van der Waals surface area contributed by atoms with Gasteiger partial charge in [0.2, 0.25) is 5.91 Å².